The molecule has 1 aromatic heterocycles. The van der Waals surface area contributed by atoms with Gasteiger partial charge in [0.05, 0.1) is 0 Å². The monoisotopic (exact) mass is 313 g/mol. The lowest BCUT2D eigenvalue weighted by Gasteiger charge is -2.15. The fourth-order valence-electron chi connectivity index (χ4n) is 2.96. The maximum Gasteiger partial charge on any atom is 0.244 e. The van der Waals surface area contributed by atoms with Gasteiger partial charge in [-0.25, -0.2) is 8.42 Å². The molecule has 2 rings (SSSR count). The minimum absolute atomic E-state index is 0.426. The van der Waals surface area contributed by atoms with Crippen LogP contribution in [0.4, 0.5) is 0 Å². The molecule has 2 heterocycles. The van der Waals surface area contributed by atoms with E-state index in [2.05, 4.69) is 12.2 Å². The van der Waals surface area contributed by atoms with Crippen molar-refractivity contribution in [3.8, 4) is 0 Å². The normalized spacial score (nSPS) is 20.2. The highest BCUT2D eigenvalue weighted by molar-refractivity contribution is 7.89. The molecule has 21 heavy (non-hydrogen) atoms. The molecule has 1 aliphatic heterocycles. The third kappa shape index (κ3) is 3.67. The molecule has 5 nitrogen and oxygen atoms in total. The van der Waals surface area contributed by atoms with Crippen molar-refractivity contribution in [1.29, 1.82) is 0 Å². The van der Waals surface area contributed by atoms with Gasteiger partial charge in [-0.2, -0.15) is 4.31 Å². The van der Waals surface area contributed by atoms with E-state index in [1.807, 2.05) is 18.5 Å². The van der Waals surface area contributed by atoms with Crippen LogP contribution in [-0.4, -0.2) is 36.9 Å². The number of nitrogens with one attached hydrogen (secondary N) is 1. The van der Waals surface area contributed by atoms with E-state index >= 15 is 0 Å². The van der Waals surface area contributed by atoms with Crippen molar-refractivity contribution in [3.63, 3.8) is 0 Å². The topological polar surface area (TPSA) is 54.3 Å². The van der Waals surface area contributed by atoms with Gasteiger partial charge in [-0.15, -0.1) is 0 Å². The van der Waals surface area contributed by atoms with E-state index in [0.717, 1.165) is 31.5 Å². The maximum absolute atomic E-state index is 12.7. The van der Waals surface area contributed by atoms with Gasteiger partial charge in [-0.3, -0.25) is 0 Å². The van der Waals surface area contributed by atoms with E-state index in [9.17, 15) is 8.42 Å². The molecule has 1 aliphatic rings. The van der Waals surface area contributed by atoms with Gasteiger partial charge in [-0.05, 0) is 31.4 Å². The third-order valence-corrected chi connectivity index (χ3v) is 6.05. The molecule has 0 saturated carbocycles. The number of hydrogen-bond acceptors (Lipinski definition) is 3. The lowest BCUT2D eigenvalue weighted by Crippen LogP contribution is -2.28. The molecule has 0 spiro atoms. The molecule has 0 amide bonds. The molecular weight excluding hydrogens is 286 g/mol. The van der Waals surface area contributed by atoms with E-state index in [1.54, 1.807) is 16.6 Å². The fraction of sp³-hybridized carbons (Fsp3) is 0.733. The first-order chi connectivity index (χ1) is 9.98. The van der Waals surface area contributed by atoms with Crippen LogP contribution in [0.3, 0.4) is 0 Å². The van der Waals surface area contributed by atoms with Crippen LogP contribution in [0.25, 0.3) is 0 Å². The zero-order chi connectivity index (χ0) is 15.5. The average Bonchev–Trinajstić information content (AvgIpc) is 3.05. The van der Waals surface area contributed by atoms with Crippen LogP contribution in [0.15, 0.2) is 17.2 Å². The molecule has 1 aromatic rings. The van der Waals surface area contributed by atoms with E-state index in [1.165, 1.54) is 0 Å². The lowest BCUT2D eigenvalue weighted by molar-refractivity contribution is 0.444. The number of aromatic nitrogens is 1. The minimum Gasteiger partial charge on any atom is -0.352 e. The Balaban J connectivity index is 2.13. The van der Waals surface area contributed by atoms with Crippen molar-refractivity contribution in [3.05, 3.63) is 18.0 Å². The SMILES string of the molecule is CCCC1CCN(S(=O)(=O)c2cc(CNCC)n(C)c2)C1. The Hall–Kier alpha value is -0.850. The van der Waals surface area contributed by atoms with E-state index in [4.69, 9.17) is 0 Å². The number of rotatable bonds is 7. The van der Waals surface area contributed by atoms with E-state index < -0.39 is 10.0 Å². The predicted octanol–water partition coefficient (Wildman–Crippen LogP) is 1.95. The highest BCUT2D eigenvalue weighted by Gasteiger charge is 2.32. The number of aryl methyl sites for hydroxylation is 1. The molecule has 0 bridgehead atoms. The van der Waals surface area contributed by atoms with E-state index in [0.29, 0.717) is 30.4 Å². The van der Waals surface area contributed by atoms with Gasteiger partial charge in [0.1, 0.15) is 4.90 Å². The van der Waals surface area contributed by atoms with Crippen LogP contribution in [0.5, 0.6) is 0 Å². The quantitative estimate of drug-likeness (QED) is 0.837. The summed E-state index contributed by atoms with van der Waals surface area (Å²) in [5.41, 5.74) is 1.000. The second kappa shape index (κ2) is 6.94. The number of hydrogen-bond donors (Lipinski definition) is 1. The summed E-state index contributed by atoms with van der Waals surface area (Å²) in [6.45, 7) is 7.09. The summed E-state index contributed by atoms with van der Waals surface area (Å²) in [5.74, 6) is 0.523. The zero-order valence-electron chi connectivity index (χ0n) is 13.3. The summed E-state index contributed by atoms with van der Waals surface area (Å²) < 4.78 is 29.0. The predicted molar refractivity (Wildman–Crippen MR) is 84.6 cm³/mol. The van der Waals surface area contributed by atoms with Crippen molar-refractivity contribution in [2.75, 3.05) is 19.6 Å². The highest BCUT2D eigenvalue weighted by Crippen LogP contribution is 2.27. The molecule has 1 saturated heterocycles. The first kappa shape index (κ1) is 16.5. The molecule has 1 N–H and O–H groups in total. The Morgan fingerprint density at radius 1 is 1.38 bits per heavy atom. The summed E-state index contributed by atoms with van der Waals surface area (Å²) in [6.07, 6.45) is 4.96. The van der Waals surface area contributed by atoms with Crippen molar-refractivity contribution in [2.45, 2.75) is 44.6 Å². The Morgan fingerprint density at radius 2 is 2.14 bits per heavy atom. The van der Waals surface area contributed by atoms with Crippen LogP contribution >= 0.6 is 0 Å². The Morgan fingerprint density at radius 3 is 2.81 bits per heavy atom. The standard InChI is InChI=1S/C15H27N3O2S/c1-4-6-13-7-8-18(11-13)21(19,20)15-9-14(10-16-5-2)17(3)12-15/h9,12-13,16H,4-8,10-11H2,1-3H3. The van der Waals surface area contributed by atoms with Gasteiger partial charge in [0.25, 0.3) is 0 Å². The van der Waals surface area contributed by atoms with Crippen molar-refractivity contribution in [1.82, 2.24) is 14.2 Å². The average molecular weight is 313 g/mol. The van der Waals surface area contributed by atoms with Crippen LogP contribution in [0.1, 0.15) is 38.8 Å². The molecule has 1 fully saturated rings. The van der Waals surface area contributed by atoms with Gasteiger partial charge in [0.2, 0.25) is 10.0 Å². The first-order valence-electron chi connectivity index (χ1n) is 7.85. The minimum atomic E-state index is -3.33. The summed E-state index contributed by atoms with van der Waals surface area (Å²) in [6, 6.07) is 1.80. The van der Waals surface area contributed by atoms with Crippen LogP contribution in [-0.2, 0) is 23.6 Å². The van der Waals surface area contributed by atoms with Crippen LogP contribution in [0, 0.1) is 5.92 Å². The molecule has 0 radical (unpaired) electrons. The van der Waals surface area contributed by atoms with Gasteiger partial charge in [0.15, 0.2) is 0 Å². The summed E-state index contributed by atoms with van der Waals surface area (Å²) in [4.78, 5) is 0.426. The maximum atomic E-state index is 12.7. The van der Waals surface area contributed by atoms with Gasteiger partial charge >= 0.3 is 0 Å². The smallest absolute Gasteiger partial charge is 0.244 e. The number of sulfonamides is 1. The number of nitrogens with zero attached hydrogens (tertiary/aromatic N) is 2. The highest BCUT2D eigenvalue weighted by atomic mass is 32.2. The second-order valence-electron chi connectivity index (χ2n) is 5.86. The summed E-state index contributed by atoms with van der Waals surface area (Å²) in [7, 11) is -1.43. The molecule has 1 unspecified atom stereocenters. The summed E-state index contributed by atoms with van der Waals surface area (Å²) >= 11 is 0. The lowest BCUT2D eigenvalue weighted by atomic mass is 10.0. The molecular formula is C15H27N3O2S. The van der Waals surface area contributed by atoms with Gasteiger partial charge in [0, 0.05) is 38.6 Å². The third-order valence-electron chi connectivity index (χ3n) is 4.22. The zero-order valence-corrected chi connectivity index (χ0v) is 14.1. The van der Waals surface area contributed by atoms with Crippen LogP contribution < -0.4 is 5.32 Å². The first-order valence-corrected chi connectivity index (χ1v) is 9.29. The largest absolute Gasteiger partial charge is 0.352 e. The van der Waals surface area contributed by atoms with Gasteiger partial charge in [-0.1, -0.05) is 20.3 Å². The molecule has 0 aromatic carbocycles. The van der Waals surface area contributed by atoms with Crippen molar-refractivity contribution < 1.29 is 8.42 Å². The molecule has 1 atom stereocenters. The van der Waals surface area contributed by atoms with E-state index in [-0.39, 0.29) is 0 Å². The Labute approximate surface area is 128 Å². The molecule has 120 valence electrons. The fourth-order valence-corrected chi connectivity index (χ4v) is 4.58. The van der Waals surface area contributed by atoms with Gasteiger partial charge < -0.3 is 9.88 Å². The van der Waals surface area contributed by atoms with Crippen molar-refractivity contribution in [2.24, 2.45) is 13.0 Å². The molecule has 6 heteroatoms. The van der Waals surface area contributed by atoms with Crippen LogP contribution in [0.2, 0.25) is 0 Å². The Bertz CT molecular complexity index is 565. The summed E-state index contributed by atoms with van der Waals surface area (Å²) in [5, 5.41) is 3.23. The molecule has 0 aliphatic carbocycles. The Kier molecular flexibility index (Phi) is 5.46. The second-order valence-corrected chi connectivity index (χ2v) is 7.80. The van der Waals surface area contributed by atoms with Crippen molar-refractivity contribution >= 4 is 10.0 Å².